The van der Waals surface area contributed by atoms with Gasteiger partial charge in [0.1, 0.15) is 0 Å². The number of hydrogen-bond acceptors (Lipinski definition) is 4. The lowest BCUT2D eigenvalue weighted by Crippen LogP contribution is -3.36. The van der Waals surface area contributed by atoms with Crippen molar-refractivity contribution in [3.63, 3.8) is 0 Å². The SMILES string of the molecule is O=C(C[IH+])ON1C(=O)CCC1=O. The summed E-state index contributed by atoms with van der Waals surface area (Å²) in [5.41, 5.74) is 0. The van der Waals surface area contributed by atoms with E-state index in [-0.39, 0.29) is 17.3 Å². The van der Waals surface area contributed by atoms with Crippen LogP contribution in [-0.4, -0.2) is 27.3 Å². The number of hydrogen-bond donors (Lipinski definition) is 0. The molecule has 0 N–H and O–H groups in total. The summed E-state index contributed by atoms with van der Waals surface area (Å²) in [6, 6.07) is 0. The second kappa shape index (κ2) is 3.83. The Bertz CT molecular complexity index is 224. The number of carbonyl (C=O) groups is 3. The van der Waals surface area contributed by atoms with Gasteiger partial charge < -0.3 is 4.84 Å². The molecule has 0 aromatic heterocycles. The summed E-state index contributed by atoms with van der Waals surface area (Å²) in [6.07, 6.45) is 0.271. The second-order valence-electron chi connectivity index (χ2n) is 2.19. The molecule has 0 aromatic rings. The molecule has 12 heavy (non-hydrogen) atoms. The van der Waals surface area contributed by atoms with Crippen LogP contribution in [0.4, 0.5) is 0 Å². The molecule has 0 radical (unpaired) electrons. The van der Waals surface area contributed by atoms with Crippen molar-refractivity contribution in [2.24, 2.45) is 0 Å². The largest absolute Gasteiger partial charge is 0.380 e. The zero-order valence-corrected chi connectivity index (χ0v) is 8.44. The van der Waals surface area contributed by atoms with Crippen molar-refractivity contribution in [1.82, 2.24) is 5.06 Å². The Kier molecular flexibility index (Phi) is 3.01. The van der Waals surface area contributed by atoms with Gasteiger partial charge in [0.15, 0.2) is 0 Å². The molecule has 1 heterocycles. The standard InChI is InChI=1S/C6H7INO4/c7-3-6(11)12-8-4(9)1-2-5(8)10/h7H,1-3H2/q+1. The van der Waals surface area contributed by atoms with E-state index in [1.165, 1.54) is 22.6 Å². The van der Waals surface area contributed by atoms with Crippen LogP contribution in [0.25, 0.3) is 0 Å². The highest BCUT2D eigenvalue weighted by atomic mass is 127. The molecule has 5 nitrogen and oxygen atoms in total. The highest BCUT2D eigenvalue weighted by molar-refractivity contribution is 6.01. The molecule has 1 aliphatic rings. The number of halogens is 1. The minimum Gasteiger partial charge on any atom is -0.326 e. The molecular formula is C6H7INO4+. The third-order valence-electron chi connectivity index (χ3n) is 1.32. The molecular weight excluding hydrogens is 277 g/mol. The maximum Gasteiger partial charge on any atom is 0.380 e. The van der Waals surface area contributed by atoms with E-state index in [2.05, 4.69) is 4.84 Å². The minimum absolute atomic E-state index is 0.136. The molecule has 0 saturated carbocycles. The van der Waals surface area contributed by atoms with Gasteiger partial charge in [0, 0.05) is 12.8 Å². The van der Waals surface area contributed by atoms with E-state index in [4.69, 9.17) is 0 Å². The maximum absolute atomic E-state index is 10.9. The number of carbonyl (C=O) groups excluding carboxylic acids is 3. The van der Waals surface area contributed by atoms with Gasteiger partial charge in [0.05, 0.1) is 0 Å². The number of hydroxylamine groups is 2. The number of imide groups is 1. The van der Waals surface area contributed by atoms with Crippen LogP contribution in [0.5, 0.6) is 0 Å². The predicted octanol–water partition coefficient (Wildman–Crippen LogP) is -4.12. The van der Waals surface area contributed by atoms with Gasteiger partial charge in [-0.2, -0.15) is 0 Å². The van der Waals surface area contributed by atoms with E-state index in [1.54, 1.807) is 0 Å². The Hall–Kier alpha value is -0.660. The van der Waals surface area contributed by atoms with E-state index in [1.807, 2.05) is 0 Å². The van der Waals surface area contributed by atoms with Crippen LogP contribution < -0.4 is 22.6 Å². The van der Waals surface area contributed by atoms with Crippen molar-refractivity contribution in [2.75, 3.05) is 4.43 Å². The van der Waals surface area contributed by atoms with Crippen LogP contribution in [0, 0.1) is 0 Å². The third kappa shape index (κ3) is 1.93. The first-order valence-corrected chi connectivity index (χ1v) is 4.94. The van der Waals surface area contributed by atoms with Crippen LogP contribution in [0.2, 0.25) is 0 Å². The number of rotatable bonds is 2. The van der Waals surface area contributed by atoms with Crippen molar-refractivity contribution in [2.45, 2.75) is 12.8 Å². The monoisotopic (exact) mass is 284 g/mol. The molecule has 1 aliphatic heterocycles. The number of amides is 2. The average molecular weight is 284 g/mol. The zero-order chi connectivity index (χ0) is 9.14. The van der Waals surface area contributed by atoms with Crippen LogP contribution in [0.3, 0.4) is 0 Å². The van der Waals surface area contributed by atoms with Crippen molar-refractivity contribution in [3.05, 3.63) is 0 Å². The Balaban J connectivity index is 2.56. The average Bonchev–Trinajstić information content (AvgIpc) is 2.35. The molecule has 0 unspecified atom stereocenters. The molecule has 0 aliphatic carbocycles. The van der Waals surface area contributed by atoms with Crippen molar-refractivity contribution in [3.8, 4) is 0 Å². The molecule has 2 amide bonds. The fourth-order valence-corrected chi connectivity index (χ4v) is 0.936. The Morgan fingerprint density at radius 1 is 1.42 bits per heavy atom. The van der Waals surface area contributed by atoms with Crippen LogP contribution in [-0.2, 0) is 19.2 Å². The fourth-order valence-electron chi connectivity index (χ4n) is 0.786. The maximum atomic E-state index is 10.9. The van der Waals surface area contributed by atoms with Crippen molar-refractivity contribution < 1.29 is 41.8 Å². The van der Waals surface area contributed by atoms with E-state index in [0.29, 0.717) is 5.06 Å². The van der Waals surface area contributed by atoms with Crippen molar-refractivity contribution >= 4 is 17.8 Å². The first-order valence-electron chi connectivity index (χ1n) is 3.30. The zero-order valence-electron chi connectivity index (χ0n) is 6.11. The second-order valence-corrected chi connectivity index (χ2v) is 3.01. The summed E-state index contributed by atoms with van der Waals surface area (Å²) >= 11 is 1.52. The topological polar surface area (TPSA) is 63.7 Å². The van der Waals surface area contributed by atoms with Crippen LogP contribution >= 0.6 is 0 Å². The molecule has 66 valence electrons. The Morgan fingerprint density at radius 3 is 2.33 bits per heavy atom. The number of alkyl halides is 1. The molecule has 6 heteroatoms. The Labute approximate surface area is 82.1 Å². The summed E-state index contributed by atoms with van der Waals surface area (Å²) < 4.78 is 0.160. The van der Waals surface area contributed by atoms with Gasteiger partial charge in [-0.25, -0.2) is 4.79 Å². The summed E-state index contributed by atoms with van der Waals surface area (Å²) in [7, 11) is 0. The molecule has 1 fully saturated rings. The lowest BCUT2D eigenvalue weighted by atomic mass is 10.4. The number of nitrogens with zero attached hydrogens (tertiary/aromatic N) is 1. The van der Waals surface area contributed by atoms with E-state index >= 15 is 0 Å². The van der Waals surface area contributed by atoms with Gasteiger partial charge in [-0.1, -0.05) is 0 Å². The predicted molar refractivity (Wildman–Crippen MR) is 33.4 cm³/mol. The smallest absolute Gasteiger partial charge is 0.326 e. The van der Waals surface area contributed by atoms with E-state index < -0.39 is 17.8 Å². The molecule has 0 aromatic carbocycles. The molecule has 1 saturated heterocycles. The van der Waals surface area contributed by atoms with Gasteiger partial charge in [0.25, 0.3) is 34.4 Å². The highest BCUT2D eigenvalue weighted by Crippen LogP contribution is 2.11. The molecule has 0 bridgehead atoms. The van der Waals surface area contributed by atoms with Crippen molar-refractivity contribution in [1.29, 1.82) is 0 Å². The Morgan fingerprint density at radius 2 is 1.92 bits per heavy atom. The van der Waals surface area contributed by atoms with E-state index in [0.717, 1.165) is 0 Å². The lowest BCUT2D eigenvalue weighted by molar-refractivity contribution is -0.362. The minimum atomic E-state index is -0.566. The summed E-state index contributed by atoms with van der Waals surface area (Å²) in [4.78, 5) is 36.9. The summed E-state index contributed by atoms with van der Waals surface area (Å²) in [6.45, 7) is 0. The van der Waals surface area contributed by atoms with Gasteiger partial charge in [-0.3, -0.25) is 9.59 Å². The van der Waals surface area contributed by atoms with Gasteiger partial charge >= 0.3 is 5.97 Å². The third-order valence-corrected chi connectivity index (χ3v) is 1.99. The first-order chi connectivity index (χ1) is 5.65. The quantitative estimate of drug-likeness (QED) is 0.294. The van der Waals surface area contributed by atoms with Crippen LogP contribution in [0.1, 0.15) is 12.8 Å². The summed E-state index contributed by atoms with van der Waals surface area (Å²) in [5.74, 6) is -1.45. The highest BCUT2D eigenvalue weighted by Gasteiger charge is 2.32. The van der Waals surface area contributed by atoms with Gasteiger partial charge in [0.2, 0.25) is 4.43 Å². The van der Waals surface area contributed by atoms with Gasteiger partial charge in [-0.15, -0.1) is 5.06 Å². The van der Waals surface area contributed by atoms with Gasteiger partial charge in [-0.05, 0) is 0 Å². The molecule has 0 spiro atoms. The lowest BCUT2D eigenvalue weighted by Gasteiger charge is -2.09. The van der Waals surface area contributed by atoms with E-state index in [9.17, 15) is 14.4 Å². The molecule has 0 atom stereocenters. The fraction of sp³-hybridized carbons (Fsp3) is 0.500. The first kappa shape index (κ1) is 9.43. The molecule has 1 rings (SSSR count). The van der Waals surface area contributed by atoms with Crippen LogP contribution in [0.15, 0.2) is 0 Å². The summed E-state index contributed by atoms with van der Waals surface area (Å²) in [5, 5.41) is 0.549. The normalized spacial score (nSPS) is 16.9.